The molecule has 37 heavy (non-hydrogen) atoms. The molecule has 192 valence electrons. The molecule has 1 atom stereocenters. The summed E-state index contributed by atoms with van der Waals surface area (Å²) in [5.74, 6) is 2.02. The number of methoxy groups -OCH3 is 1. The fraction of sp³-hybridized carbons (Fsp3) is 0.379. The van der Waals surface area contributed by atoms with Crippen molar-refractivity contribution in [3.8, 4) is 11.4 Å². The van der Waals surface area contributed by atoms with Gasteiger partial charge in [0.15, 0.2) is 5.82 Å². The molecular formula is C29H34N6O2. The largest absolute Gasteiger partial charge is 0.497 e. The van der Waals surface area contributed by atoms with Crippen LogP contribution in [0.3, 0.4) is 0 Å². The first-order chi connectivity index (χ1) is 18.0. The molecule has 1 amide bonds. The van der Waals surface area contributed by atoms with Crippen molar-refractivity contribution < 1.29 is 9.53 Å². The fourth-order valence-electron chi connectivity index (χ4n) is 5.15. The highest BCUT2D eigenvalue weighted by atomic mass is 16.5. The average Bonchev–Trinajstić information content (AvgIpc) is 3.30. The summed E-state index contributed by atoms with van der Waals surface area (Å²) in [6.45, 7) is 8.31. The average molecular weight is 499 g/mol. The Hall–Kier alpha value is -3.94. The lowest BCUT2D eigenvalue weighted by Crippen LogP contribution is -2.41. The summed E-state index contributed by atoms with van der Waals surface area (Å²) in [5.41, 5.74) is 4.93. The van der Waals surface area contributed by atoms with Crippen molar-refractivity contribution in [1.29, 1.82) is 0 Å². The van der Waals surface area contributed by atoms with Crippen molar-refractivity contribution >= 4 is 22.6 Å². The van der Waals surface area contributed by atoms with E-state index in [0.29, 0.717) is 6.54 Å². The van der Waals surface area contributed by atoms with E-state index in [2.05, 4.69) is 46.4 Å². The number of carbonyl (C=O) groups is 1. The normalized spacial score (nSPS) is 15.1. The molecule has 1 N–H and O–H groups in total. The molecule has 0 aliphatic carbocycles. The summed E-state index contributed by atoms with van der Waals surface area (Å²) in [7, 11) is 1.66. The number of benzene rings is 2. The number of fused-ring (bicyclic) bond motifs is 1. The topological polar surface area (TPSA) is 85.2 Å². The Labute approximate surface area is 217 Å². The third-order valence-electron chi connectivity index (χ3n) is 7.42. The van der Waals surface area contributed by atoms with Gasteiger partial charge < -0.3 is 15.0 Å². The number of hydrogen-bond acceptors (Lipinski definition) is 6. The number of amides is 1. The van der Waals surface area contributed by atoms with Gasteiger partial charge in [0.1, 0.15) is 11.3 Å². The van der Waals surface area contributed by atoms with Crippen molar-refractivity contribution in [3.63, 3.8) is 0 Å². The Morgan fingerprint density at radius 2 is 1.76 bits per heavy atom. The molecule has 5 rings (SSSR count). The van der Waals surface area contributed by atoms with E-state index in [1.165, 1.54) is 5.56 Å². The molecular weight excluding hydrogens is 464 g/mol. The maximum atomic E-state index is 12.9. The maximum absolute atomic E-state index is 12.9. The number of piperidine rings is 1. The minimum Gasteiger partial charge on any atom is -0.497 e. The van der Waals surface area contributed by atoms with Gasteiger partial charge in [-0.15, -0.1) is 5.10 Å². The molecule has 2 aromatic heterocycles. The molecule has 0 radical (unpaired) electrons. The highest BCUT2D eigenvalue weighted by molar-refractivity contribution is 5.92. The third kappa shape index (κ3) is 5.01. The predicted molar refractivity (Wildman–Crippen MR) is 145 cm³/mol. The smallest absolute Gasteiger partial charge is 0.223 e. The number of nitrogens with zero attached hydrogens (tertiary/aromatic N) is 5. The lowest BCUT2D eigenvalue weighted by Gasteiger charge is -2.32. The molecule has 1 aliphatic rings. The summed E-state index contributed by atoms with van der Waals surface area (Å²) >= 11 is 0. The zero-order valence-electron chi connectivity index (χ0n) is 21.9. The van der Waals surface area contributed by atoms with Crippen LogP contribution in [0.4, 0.5) is 5.82 Å². The van der Waals surface area contributed by atoms with Crippen molar-refractivity contribution in [2.45, 2.75) is 39.5 Å². The van der Waals surface area contributed by atoms with E-state index in [9.17, 15) is 4.79 Å². The second kappa shape index (κ2) is 10.6. The number of hydrogen-bond donors (Lipinski definition) is 1. The Morgan fingerprint density at radius 1 is 1.05 bits per heavy atom. The molecule has 0 bridgehead atoms. The third-order valence-corrected chi connectivity index (χ3v) is 7.42. The van der Waals surface area contributed by atoms with Crippen LogP contribution in [0.25, 0.3) is 16.6 Å². The van der Waals surface area contributed by atoms with Crippen LogP contribution in [0, 0.1) is 19.8 Å². The zero-order valence-corrected chi connectivity index (χ0v) is 21.9. The van der Waals surface area contributed by atoms with Gasteiger partial charge in [-0.3, -0.25) is 4.79 Å². The number of carbonyl (C=O) groups excluding carboxylic acids is 1. The minimum atomic E-state index is 0.00622. The molecule has 1 fully saturated rings. The molecule has 0 saturated carbocycles. The van der Waals surface area contributed by atoms with E-state index in [0.717, 1.165) is 65.5 Å². The highest BCUT2D eigenvalue weighted by Crippen LogP contribution is 2.32. The number of ether oxygens (including phenoxy) is 1. The van der Waals surface area contributed by atoms with Gasteiger partial charge in [0.25, 0.3) is 0 Å². The van der Waals surface area contributed by atoms with Gasteiger partial charge in [0, 0.05) is 25.6 Å². The Morgan fingerprint density at radius 3 is 2.43 bits per heavy atom. The second-order valence-corrected chi connectivity index (χ2v) is 9.85. The van der Waals surface area contributed by atoms with Gasteiger partial charge >= 0.3 is 0 Å². The first-order valence-electron chi connectivity index (χ1n) is 12.9. The molecule has 1 aliphatic heterocycles. The van der Waals surface area contributed by atoms with Gasteiger partial charge in [0.05, 0.1) is 29.6 Å². The lowest BCUT2D eigenvalue weighted by atomic mass is 9.95. The predicted octanol–water partition coefficient (Wildman–Crippen LogP) is 4.58. The molecule has 1 saturated heterocycles. The van der Waals surface area contributed by atoms with Gasteiger partial charge in [-0.1, -0.05) is 37.3 Å². The van der Waals surface area contributed by atoms with Crippen molar-refractivity contribution in [2.75, 3.05) is 31.6 Å². The van der Waals surface area contributed by atoms with E-state index in [1.807, 2.05) is 54.1 Å². The van der Waals surface area contributed by atoms with Crippen molar-refractivity contribution in [3.05, 3.63) is 71.5 Å². The summed E-state index contributed by atoms with van der Waals surface area (Å²) < 4.78 is 7.24. The van der Waals surface area contributed by atoms with Gasteiger partial charge in [-0.2, -0.15) is 10.2 Å². The van der Waals surface area contributed by atoms with Crippen LogP contribution >= 0.6 is 0 Å². The number of rotatable bonds is 7. The lowest BCUT2D eigenvalue weighted by molar-refractivity contribution is -0.125. The van der Waals surface area contributed by atoms with E-state index in [-0.39, 0.29) is 17.7 Å². The first-order valence-corrected chi connectivity index (χ1v) is 12.9. The van der Waals surface area contributed by atoms with Crippen LogP contribution in [0.5, 0.6) is 5.75 Å². The number of nitrogens with one attached hydrogen (secondary N) is 1. The van der Waals surface area contributed by atoms with Crippen molar-refractivity contribution in [2.24, 2.45) is 5.92 Å². The summed E-state index contributed by atoms with van der Waals surface area (Å²) in [4.78, 5) is 15.1. The van der Waals surface area contributed by atoms with Gasteiger partial charge in [0.2, 0.25) is 5.91 Å². The SMILES string of the molecule is COc1ccc(-n2nc3c(N4CCC(C(=O)NC[C@H](C)c5ccccc5)CC4)nnc(C)c3c2C)cc1. The van der Waals surface area contributed by atoms with Gasteiger partial charge in [-0.05, 0) is 62.4 Å². The van der Waals surface area contributed by atoms with Gasteiger partial charge in [-0.25, -0.2) is 4.68 Å². The standard InChI is InChI=1S/C29H34N6O2/c1-19(22-8-6-5-7-9-22)18-30-29(36)23-14-16-34(17-15-23)28-27-26(20(2)31-32-28)21(3)35(33-27)24-10-12-25(37-4)13-11-24/h5-13,19,23H,14-18H2,1-4H3,(H,30,36)/t19-/m0/s1. The molecule has 4 aromatic rings. The summed E-state index contributed by atoms with van der Waals surface area (Å²) in [6.07, 6.45) is 1.56. The van der Waals surface area contributed by atoms with E-state index in [4.69, 9.17) is 9.84 Å². The van der Waals surface area contributed by atoms with E-state index in [1.54, 1.807) is 7.11 Å². The number of aryl methyl sites for hydroxylation is 2. The first kappa shape index (κ1) is 24.7. The van der Waals surface area contributed by atoms with Crippen LogP contribution in [0.15, 0.2) is 54.6 Å². The Kier molecular flexibility index (Phi) is 7.08. The molecule has 8 heteroatoms. The Balaban J connectivity index is 1.28. The minimum absolute atomic E-state index is 0.00622. The second-order valence-electron chi connectivity index (χ2n) is 9.85. The van der Waals surface area contributed by atoms with Crippen molar-refractivity contribution in [1.82, 2.24) is 25.3 Å². The van der Waals surface area contributed by atoms with Crippen LogP contribution in [-0.4, -0.2) is 52.6 Å². The molecule has 2 aromatic carbocycles. The number of anilines is 1. The summed E-state index contributed by atoms with van der Waals surface area (Å²) in [5, 5.41) is 18.2. The molecule has 8 nitrogen and oxygen atoms in total. The monoisotopic (exact) mass is 498 g/mol. The highest BCUT2D eigenvalue weighted by Gasteiger charge is 2.28. The fourth-order valence-corrected chi connectivity index (χ4v) is 5.15. The maximum Gasteiger partial charge on any atom is 0.223 e. The number of aromatic nitrogens is 4. The molecule has 0 unspecified atom stereocenters. The summed E-state index contributed by atoms with van der Waals surface area (Å²) in [6, 6.07) is 18.2. The van der Waals surface area contributed by atoms with E-state index >= 15 is 0 Å². The van der Waals surface area contributed by atoms with Crippen LogP contribution in [0.1, 0.15) is 42.6 Å². The Bertz CT molecular complexity index is 1380. The van der Waals surface area contributed by atoms with Crippen LogP contribution in [0.2, 0.25) is 0 Å². The van der Waals surface area contributed by atoms with Crippen LogP contribution in [-0.2, 0) is 4.79 Å². The zero-order chi connectivity index (χ0) is 25.9. The molecule has 3 heterocycles. The van der Waals surface area contributed by atoms with E-state index < -0.39 is 0 Å². The molecule has 0 spiro atoms. The van der Waals surface area contributed by atoms with Crippen LogP contribution < -0.4 is 15.0 Å². The quantitative estimate of drug-likeness (QED) is 0.402.